The predicted octanol–water partition coefficient (Wildman–Crippen LogP) is 18.6. The smallest absolute Gasteiger partial charge is 0.0714 e. The van der Waals surface area contributed by atoms with Gasteiger partial charge in [0.2, 0.25) is 0 Å². The molecule has 2 aliphatic rings. The molecule has 0 N–H and O–H groups in total. The minimum absolute atomic E-state index is 0.0862. The highest BCUT2D eigenvalue weighted by molar-refractivity contribution is 6.15. The van der Waals surface area contributed by atoms with Crippen LogP contribution < -0.4 is 4.90 Å². The van der Waals surface area contributed by atoms with Crippen molar-refractivity contribution in [2.24, 2.45) is 0 Å². The Hall–Kier alpha value is -8.78. The first-order valence-electron chi connectivity index (χ1n) is 45.4. The summed E-state index contributed by atoms with van der Waals surface area (Å²) in [4.78, 5) is 0.0862. The third-order valence-corrected chi connectivity index (χ3v) is 12.2. The fourth-order valence-electron chi connectivity index (χ4n) is 9.26. The van der Waals surface area contributed by atoms with Gasteiger partial charge in [-0.15, -0.1) is 0 Å². The molecule has 0 unspecified atom stereocenters. The van der Waals surface area contributed by atoms with Gasteiger partial charge in [-0.2, -0.15) is 0 Å². The molecule has 1 heteroatoms. The maximum Gasteiger partial charge on any atom is 0.0714 e. The Labute approximate surface area is 484 Å². The van der Waals surface area contributed by atoms with E-state index in [4.69, 9.17) is 27.4 Å². The lowest BCUT2D eigenvalue weighted by Gasteiger charge is -2.35. The largest absolute Gasteiger partial charge is 0.310 e. The molecule has 14 rings (SSSR count). The highest BCUT2D eigenvalue weighted by Crippen LogP contribution is 2.58. The summed E-state index contributed by atoms with van der Waals surface area (Å²) >= 11 is 0. The summed E-state index contributed by atoms with van der Waals surface area (Å²) in [5, 5.41) is -6.47. The van der Waals surface area contributed by atoms with Crippen LogP contribution in [0.1, 0.15) is 114 Å². The van der Waals surface area contributed by atoms with Gasteiger partial charge in [0.15, 0.2) is 0 Å². The van der Waals surface area contributed by atoms with E-state index in [0.717, 1.165) is 0 Å². The Kier molecular flexibility index (Phi) is 3.38. The monoisotopic (exact) mass is 953 g/mol. The van der Waals surface area contributed by atoms with Gasteiger partial charge in [-0.25, -0.2) is 0 Å². The molecule has 0 amide bonds. The van der Waals surface area contributed by atoms with Crippen molar-refractivity contribution in [3.8, 4) is 44.5 Å². The third kappa shape index (κ3) is 6.06. The van der Waals surface area contributed by atoms with Crippen molar-refractivity contribution in [3.05, 3.63) is 293 Å². The normalized spacial score (nSPS) is 23.8. The zero-order valence-corrected chi connectivity index (χ0v) is 35.4. The lowest BCUT2D eigenvalue weighted by molar-refractivity contribution is 0.660. The number of benzene rings is 12. The number of nitrogens with zero attached hydrogens (tertiary/aromatic N) is 1. The van der Waals surface area contributed by atoms with Gasteiger partial charge in [0.25, 0.3) is 0 Å². The van der Waals surface area contributed by atoms with Crippen molar-refractivity contribution in [3.63, 3.8) is 0 Å². The topological polar surface area (TPSA) is 3.24 Å². The Morgan fingerprint density at radius 1 is 0.338 bits per heavy atom. The quantitative estimate of drug-likeness (QED) is 0.144. The van der Waals surface area contributed by atoms with Gasteiger partial charge in [0.1, 0.15) is 0 Å². The lowest BCUT2D eigenvalue weighted by atomic mass is 9.67. The second-order valence-electron chi connectivity index (χ2n) is 15.8. The number of fused-ring (bicyclic) bond motifs is 10. The standard InChI is InChI=1S/C70H49N/c1-69(2)62-33-17-16-31-60(62)68-61(32-19-35-64(68)69)67-54-27-12-9-20-46(54)38-42-55(67)47-36-39-51(40-37-47)71(66-44-48-21-10-11-26-53(48)56-28-13-14-30-59(56)66)52-41-43-58-57-29-15-18-34-63(57)70(65(58)45-52,49-22-5-3-6-23-49)50-24-7-4-8-25-50/h3-45H,1-2H3/i1D3,2D3,3D,4D,5D,6D,7D,8D,9D,10D,11D,12D,13D,14D,15D,16D,17D,18D,19D,20D,21D,22D,23D,24D,25D,26D,27D,28D,29D,30D,31D,32D,33D,34D,35D,36D,37D,38D,39D,40D,41D,42D,43D,44D,45D. The Morgan fingerprint density at radius 3 is 1.63 bits per heavy atom. The fourth-order valence-corrected chi connectivity index (χ4v) is 9.26. The van der Waals surface area contributed by atoms with Crippen molar-refractivity contribution >= 4 is 49.4 Å². The van der Waals surface area contributed by atoms with Crippen molar-refractivity contribution in [1.82, 2.24) is 0 Å². The van der Waals surface area contributed by atoms with E-state index in [-0.39, 0.29) is 4.90 Å². The van der Waals surface area contributed by atoms with Gasteiger partial charge in [-0.05, 0) is 135 Å². The minimum atomic E-state index is -4.15. The number of anilines is 3. The van der Waals surface area contributed by atoms with Crippen LogP contribution in [0.25, 0.3) is 76.8 Å². The summed E-state index contributed by atoms with van der Waals surface area (Å²) in [6.07, 6.45) is 0. The molecule has 2 aliphatic carbocycles. The van der Waals surface area contributed by atoms with Crippen LogP contribution in [-0.2, 0) is 10.8 Å². The highest BCUT2D eigenvalue weighted by atomic mass is 15.1. The van der Waals surface area contributed by atoms with Crippen LogP contribution in [0.3, 0.4) is 0 Å². The van der Waals surface area contributed by atoms with E-state index in [1.165, 1.54) is 0 Å². The van der Waals surface area contributed by atoms with Crippen molar-refractivity contribution in [2.45, 2.75) is 24.5 Å². The molecule has 0 atom stereocenters. The van der Waals surface area contributed by atoms with Crippen molar-refractivity contribution in [2.75, 3.05) is 4.90 Å². The van der Waals surface area contributed by atoms with Crippen LogP contribution in [0.4, 0.5) is 17.1 Å². The molecule has 0 radical (unpaired) electrons. The van der Waals surface area contributed by atoms with Gasteiger partial charge in [-0.3, -0.25) is 0 Å². The molecule has 334 valence electrons. The van der Waals surface area contributed by atoms with E-state index in [0.29, 0.717) is 0 Å². The summed E-state index contributed by atoms with van der Waals surface area (Å²) in [6, 6.07) is -59.6. The predicted molar refractivity (Wildman–Crippen MR) is 299 cm³/mol. The maximum atomic E-state index is 11.1. The Balaban J connectivity index is 1.29. The molecule has 12 aromatic rings. The molecule has 0 bridgehead atoms. The molecule has 0 spiro atoms. The van der Waals surface area contributed by atoms with Crippen LogP contribution in [0.2, 0.25) is 0 Å². The SMILES string of the molecule is [2H]c1c([2H])c([2H])c(C2(c3c([2H])c([2H])c([2H])c([2H])c3[2H])c3c([2H])c([2H])c([2H])c([2H])c3-c3c([2H])c([2H])c(N(c4c([2H])c([2H])c(-c5c([2H])c([2H])c6c([2H])c([2H])c([2H])c([2H])c6c5-c5c([2H])c([2H])c([2H])c6c5-c5c([2H])c([2H])c([2H])c([2H])c5C6(C([2H])([2H])[2H])C([2H])([2H])[2H])c([2H])c4[2H])c4c([2H])c5c([2H])c([2H])c([2H])c([2H])c5c5c([2H])c([2H])c([2H])c([2H])c45)c([2H])c32)c([2H])c1[2H]. The van der Waals surface area contributed by atoms with Crippen LogP contribution in [0.15, 0.2) is 260 Å². The van der Waals surface area contributed by atoms with Crippen LogP contribution >= 0.6 is 0 Å². The number of hydrogen-bond acceptors (Lipinski definition) is 1. The molecule has 0 heterocycles. The van der Waals surface area contributed by atoms with E-state index in [2.05, 4.69) is 0 Å². The molecule has 0 aromatic heterocycles. The average molecular weight is 953 g/mol. The highest BCUT2D eigenvalue weighted by Gasteiger charge is 2.46. The molecule has 0 saturated carbocycles. The lowest BCUT2D eigenvalue weighted by Crippen LogP contribution is -2.28. The molecule has 12 aromatic carbocycles. The van der Waals surface area contributed by atoms with Crippen LogP contribution in [-0.4, -0.2) is 0 Å². The molecule has 0 fully saturated rings. The average Bonchev–Trinajstić information content (AvgIpc) is 1.49. The second kappa shape index (κ2) is 15.9. The Bertz CT molecular complexity index is 6740. The van der Waals surface area contributed by atoms with E-state index in [1.807, 2.05) is 0 Å². The third-order valence-electron chi connectivity index (χ3n) is 12.2. The number of hydrogen-bond donors (Lipinski definition) is 0. The maximum absolute atomic E-state index is 11.1. The van der Waals surface area contributed by atoms with Crippen molar-refractivity contribution < 1.29 is 67.2 Å². The van der Waals surface area contributed by atoms with Gasteiger partial charge >= 0.3 is 0 Å². The van der Waals surface area contributed by atoms with Gasteiger partial charge < -0.3 is 4.90 Å². The molecular formula is C70H49N. The molecule has 1 nitrogen and oxygen atoms in total. The van der Waals surface area contributed by atoms with Gasteiger partial charge in [0.05, 0.1) is 70.0 Å². The summed E-state index contributed by atoms with van der Waals surface area (Å²) in [6.45, 7) is -8.30. The first-order valence-corrected chi connectivity index (χ1v) is 20.9. The first-order chi connectivity index (χ1) is 55.4. The number of rotatable bonds is 7. The Morgan fingerprint density at radius 2 is 0.887 bits per heavy atom. The summed E-state index contributed by atoms with van der Waals surface area (Å²) in [5.41, 5.74) is -30.4. The molecule has 71 heavy (non-hydrogen) atoms. The van der Waals surface area contributed by atoms with Crippen LogP contribution in [0.5, 0.6) is 0 Å². The zero-order chi connectivity index (χ0) is 89.7. The van der Waals surface area contributed by atoms with Gasteiger partial charge in [-0.1, -0.05) is 243 Å². The van der Waals surface area contributed by atoms with E-state index >= 15 is 0 Å². The zero-order valence-electron chi connectivity index (χ0n) is 84.4. The minimum Gasteiger partial charge on any atom is -0.310 e. The second-order valence-corrected chi connectivity index (χ2v) is 15.8. The summed E-state index contributed by atoms with van der Waals surface area (Å²) < 4.78 is 467. The van der Waals surface area contributed by atoms with Crippen LogP contribution in [0, 0.1) is 0 Å². The van der Waals surface area contributed by atoms with E-state index < -0.39 is 412 Å². The molecule has 0 saturated heterocycles. The summed E-state index contributed by atoms with van der Waals surface area (Å²) in [5.74, 6) is 0. The van der Waals surface area contributed by atoms with Gasteiger partial charge in [0, 0.05) is 30.4 Å². The first kappa shape index (κ1) is 15.1. The fraction of sp³-hybridized carbons (Fsp3) is 0.0571. The van der Waals surface area contributed by atoms with E-state index in [1.54, 1.807) is 0 Å². The summed E-state index contributed by atoms with van der Waals surface area (Å²) in [7, 11) is 0. The van der Waals surface area contributed by atoms with E-state index in [9.17, 15) is 39.8 Å². The molecular weight excluding hydrogens is 855 g/mol. The molecule has 0 aliphatic heterocycles. The van der Waals surface area contributed by atoms with Crippen molar-refractivity contribution in [1.29, 1.82) is 0 Å².